The van der Waals surface area contributed by atoms with E-state index in [1.807, 2.05) is 6.07 Å². The number of hydrogen-bond acceptors (Lipinski definition) is 14. The maximum atomic E-state index is 13.4. The van der Waals surface area contributed by atoms with Gasteiger partial charge in [-0.05, 0) is 151 Å². The molecule has 0 aromatic heterocycles. The molecule has 0 unspecified atom stereocenters. The number of nitrogens with zero attached hydrogens (tertiary/aromatic N) is 4. The van der Waals surface area contributed by atoms with Crippen LogP contribution in [0.1, 0.15) is 545 Å². The fourth-order valence-corrected chi connectivity index (χ4v) is 20.2. The normalized spacial score (nSPS) is 11.1. The number of esters is 4. The number of nitriles is 2. The Balaban J connectivity index is 2.02. The van der Waals surface area contributed by atoms with Crippen molar-refractivity contribution in [2.75, 3.05) is 65.9 Å². The number of aryl methyl sites for hydroxylation is 5. The van der Waals surface area contributed by atoms with Crippen molar-refractivity contribution in [1.82, 2.24) is 0 Å². The van der Waals surface area contributed by atoms with Crippen molar-refractivity contribution in [3.8, 4) is 35.1 Å². The molecular weight excluding hydrogens is 1850 g/mol. The van der Waals surface area contributed by atoms with Crippen LogP contribution in [-0.4, -0.2) is 89.8 Å². The first-order valence-electron chi connectivity index (χ1n) is 60.9. The van der Waals surface area contributed by atoms with Crippen LogP contribution in [0.25, 0.3) is 9.69 Å². The Hall–Kier alpha value is -9.12. The first-order chi connectivity index (χ1) is 73.1. The Bertz CT molecular complexity index is 4420. The SMILES string of the molecule is [C-]#[N+]CC(=C)C(=O)OCCCc1cc(CC)c(OCCCCCCCCCCCCCCCCCC)c(Cc2cc(CCCOC(=O)C(=C)C[N+]#[C-])cc(Cc3cc(CCCOC(=O)C(=C)CC#N)cc(Cc4cc(CCCOC(=O)C(=C)CC#N)ccc4OCCCCCCCCCCCCCCCCCC)c3OCCCCCCCCCCCCCCCCCC)c2OCCCCCCCCCCCCCCCCCC)c1. The molecule has 0 saturated carbocycles. The topological polar surface area (TPSA) is 198 Å². The zero-order valence-corrected chi connectivity index (χ0v) is 95.4. The molecule has 16 heteroatoms. The summed E-state index contributed by atoms with van der Waals surface area (Å²) in [4.78, 5) is 59.7. The molecule has 0 aliphatic heterocycles. The monoisotopic (exact) mass is 2050 g/mol. The Morgan fingerprint density at radius 2 is 0.450 bits per heavy atom. The van der Waals surface area contributed by atoms with E-state index in [-0.39, 0.29) is 74.7 Å². The van der Waals surface area contributed by atoms with Gasteiger partial charge >= 0.3 is 23.9 Å². The van der Waals surface area contributed by atoms with Gasteiger partial charge in [-0.2, -0.15) is 10.5 Å². The average molecular weight is 2060 g/mol. The fraction of sp³-hybridized carbons (Fsp3) is 0.699. The standard InChI is InChI=1S/C133H208N4O12/c1-12-17-21-25-29-33-37-41-45-49-53-57-61-65-69-73-91-142-126-86-85-115(81-77-95-146-130(138)111(6)87-89-134)99-120(126)106-121-102-117(83-79-96-147-131(139)112(7)88-90-135)103-124(128(121)144-93-75-71-67-63-59-55-51-47-43-39-35-31-27-23-19-14-3)108-125-105-118(84-80-98-149-133(141)114(9)110-137-11)104-123(129(125)145-94-76-72-68-64-60-56-52-48-44-40-36-32-28-24-20-15-4)107-122-101-116(82-78-97-148-132(140)113(8)109-136-10)100-119(16-5)127(122)143-92-74-70-66-62-58-54-50-46-42-38-34-30-26-22-18-13-2/h85-86,99-105H,6-9,12-84,87-88,91-98,106-110H2,1-5H3. The molecule has 0 amide bonds. The van der Waals surface area contributed by atoms with Crippen molar-refractivity contribution < 1.29 is 57.1 Å². The minimum absolute atomic E-state index is 0.0996. The van der Waals surface area contributed by atoms with Crippen molar-refractivity contribution >= 4 is 23.9 Å². The molecule has 0 aliphatic carbocycles. The van der Waals surface area contributed by atoms with Crippen molar-refractivity contribution in [3.05, 3.63) is 187 Å². The van der Waals surface area contributed by atoms with E-state index in [1.54, 1.807) is 0 Å². The molecule has 0 spiro atoms. The van der Waals surface area contributed by atoms with E-state index in [0.717, 1.165) is 161 Å². The molecule has 4 aromatic rings. The first-order valence-corrected chi connectivity index (χ1v) is 60.9. The van der Waals surface area contributed by atoms with E-state index in [4.69, 9.17) is 51.0 Å². The van der Waals surface area contributed by atoms with Gasteiger partial charge in [-0.3, -0.25) is 0 Å². The Kier molecular flexibility index (Phi) is 82.1. The van der Waals surface area contributed by atoms with Crippen molar-refractivity contribution in [2.24, 2.45) is 0 Å². The summed E-state index contributed by atoms with van der Waals surface area (Å²) in [5, 5.41) is 19.0. The molecular formula is C133H208N4O12. The van der Waals surface area contributed by atoms with E-state index in [2.05, 4.69) is 131 Å². The minimum atomic E-state index is -0.585. The molecule has 149 heavy (non-hydrogen) atoms. The van der Waals surface area contributed by atoms with E-state index < -0.39 is 23.9 Å². The Labute approximate surface area is 909 Å². The molecule has 16 nitrogen and oxygen atoms in total. The molecule has 832 valence electrons. The van der Waals surface area contributed by atoms with Gasteiger partial charge in [0.25, 0.3) is 0 Å². The van der Waals surface area contributed by atoms with Crippen LogP contribution in [0, 0.1) is 35.8 Å². The van der Waals surface area contributed by atoms with Crippen LogP contribution in [0.5, 0.6) is 23.0 Å². The molecule has 0 fully saturated rings. The minimum Gasteiger partial charge on any atom is -0.493 e. The van der Waals surface area contributed by atoms with Gasteiger partial charge in [-0.1, -0.05) is 495 Å². The zero-order chi connectivity index (χ0) is 107. The number of rotatable bonds is 103. The highest BCUT2D eigenvalue weighted by molar-refractivity contribution is 5.89. The quantitative estimate of drug-likeness (QED) is 0.0133. The number of carbonyl (C=O) groups is 4. The molecule has 0 N–H and O–H groups in total. The predicted octanol–water partition coefficient (Wildman–Crippen LogP) is 37.4. The van der Waals surface area contributed by atoms with Gasteiger partial charge in [0.2, 0.25) is 13.1 Å². The van der Waals surface area contributed by atoms with E-state index in [9.17, 15) is 29.7 Å². The average Bonchev–Trinajstić information content (AvgIpc) is 0.781. The number of carbonyl (C=O) groups excluding carboxylic acids is 4. The molecule has 0 saturated heterocycles. The largest absolute Gasteiger partial charge is 0.493 e. The number of ether oxygens (including phenoxy) is 8. The smallest absolute Gasteiger partial charge is 0.340 e. The lowest BCUT2D eigenvalue weighted by atomic mass is 9.89. The van der Waals surface area contributed by atoms with Crippen LogP contribution in [-0.2, 0) is 89.5 Å². The second kappa shape index (κ2) is 92.6. The van der Waals surface area contributed by atoms with E-state index in [0.29, 0.717) is 103 Å². The van der Waals surface area contributed by atoms with Crippen molar-refractivity contribution in [2.45, 2.75) is 535 Å². The highest BCUT2D eigenvalue weighted by Crippen LogP contribution is 2.41. The molecule has 0 heterocycles. The highest BCUT2D eigenvalue weighted by atomic mass is 16.5. The van der Waals surface area contributed by atoms with Crippen LogP contribution >= 0.6 is 0 Å². The lowest BCUT2D eigenvalue weighted by Gasteiger charge is -2.23. The van der Waals surface area contributed by atoms with E-state index >= 15 is 0 Å². The summed E-state index contributed by atoms with van der Waals surface area (Å²) in [5.74, 6) is 0.987. The maximum Gasteiger partial charge on any atom is 0.340 e. The summed E-state index contributed by atoms with van der Waals surface area (Å²) in [6, 6.07) is 24.3. The third-order valence-corrected chi connectivity index (χ3v) is 29.2. The number of unbranched alkanes of at least 4 members (excludes halogenated alkanes) is 60. The third kappa shape index (κ3) is 66.5. The molecule has 4 rings (SSSR count). The van der Waals surface area contributed by atoms with E-state index in [1.165, 1.54) is 334 Å². The maximum absolute atomic E-state index is 13.4. The second-order valence-electron chi connectivity index (χ2n) is 42.8. The predicted molar refractivity (Wildman–Crippen MR) is 621 cm³/mol. The molecule has 0 atom stereocenters. The van der Waals surface area contributed by atoms with Gasteiger partial charge in [0.1, 0.15) is 34.1 Å². The Morgan fingerprint density at radius 1 is 0.248 bits per heavy atom. The second-order valence-corrected chi connectivity index (χ2v) is 42.8. The van der Waals surface area contributed by atoms with Crippen LogP contribution < -0.4 is 18.9 Å². The molecule has 0 aliphatic rings. The molecule has 4 aromatic carbocycles. The summed E-state index contributed by atoms with van der Waals surface area (Å²) >= 11 is 0. The summed E-state index contributed by atoms with van der Waals surface area (Å²) < 4.78 is 52.6. The van der Waals surface area contributed by atoms with Crippen molar-refractivity contribution in [1.29, 1.82) is 10.5 Å². The van der Waals surface area contributed by atoms with Gasteiger partial charge < -0.3 is 47.6 Å². The lowest BCUT2D eigenvalue weighted by molar-refractivity contribution is -0.140. The van der Waals surface area contributed by atoms with Crippen LogP contribution in [0.15, 0.2) is 103 Å². The van der Waals surface area contributed by atoms with Gasteiger partial charge in [0, 0.05) is 30.4 Å². The van der Waals surface area contributed by atoms with Crippen LogP contribution in [0.4, 0.5) is 0 Å². The molecule has 0 radical (unpaired) electrons. The van der Waals surface area contributed by atoms with Crippen LogP contribution in [0.3, 0.4) is 0 Å². The van der Waals surface area contributed by atoms with Gasteiger partial charge in [0.05, 0.1) is 77.8 Å². The molecule has 0 bridgehead atoms. The number of hydrogen-bond donors (Lipinski definition) is 0. The Morgan fingerprint density at radius 3 is 0.685 bits per heavy atom. The van der Waals surface area contributed by atoms with Gasteiger partial charge in [-0.15, -0.1) is 0 Å². The van der Waals surface area contributed by atoms with Gasteiger partial charge in [-0.25, -0.2) is 32.3 Å². The summed E-state index contributed by atoms with van der Waals surface area (Å²) in [7, 11) is 0. The van der Waals surface area contributed by atoms with Gasteiger partial charge in [0.15, 0.2) is 0 Å². The highest BCUT2D eigenvalue weighted by Gasteiger charge is 2.25. The lowest BCUT2D eigenvalue weighted by Crippen LogP contribution is -2.12. The third-order valence-electron chi connectivity index (χ3n) is 29.2. The summed E-state index contributed by atoms with van der Waals surface area (Å²) in [6.07, 6.45) is 87.0. The van der Waals surface area contributed by atoms with Crippen LogP contribution in [0.2, 0.25) is 0 Å². The van der Waals surface area contributed by atoms with Crippen molar-refractivity contribution in [3.63, 3.8) is 0 Å². The first kappa shape index (κ1) is 132. The summed E-state index contributed by atoms with van der Waals surface area (Å²) in [6.45, 7) is 44.1. The zero-order valence-electron chi connectivity index (χ0n) is 95.4. The fourth-order valence-electron chi connectivity index (χ4n) is 20.2. The number of benzene rings is 4. The summed E-state index contributed by atoms with van der Waals surface area (Å²) in [5.41, 5.74) is 11.8.